The van der Waals surface area contributed by atoms with Crippen LogP contribution in [0.25, 0.3) is 0 Å². The molecule has 212 valence electrons. The van der Waals surface area contributed by atoms with Gasteiger partial charge in [0.05, 0.1) is 11.6 Å². The molecule has 1 N–H and O–H groups in total. The molecule has 9 heteroatoms. The lowest BCUT2D eigenvalue weighted by Crippen LogP contribution is -2.58. The number of nitrogens with zero attached hydrogens (tertiary/aromatic N) is 2. The van der Waals surface area contributed by atoms with E-state index in [9.17, 15) is 22.0 Å². The van der Waals surface area contributed by atoms with Crippen molar-refractivity contribution in [3.63, 3.8) is 0 Å². The van der Waals surface area contributed by atoms with E-state index in [1.807, 2.05) is 32.0 Å². The lowest BCUT2D eigenvalue weighted by atomic mass is 9.76. The molecule has 1 saturated heterocycles. The average molecular weight is 550 g/mol. The minimum atomic E-state index is -4.48. The number of allylic oxidation sites excluding steroid dienone is 1. The first kappa shape index (κ1) is 27.7. The summed E-state index contributed by atoms with van der Waals surface area (Å²) in [7, 11) is 0. The number of likely N-dealkylation sites (tertiary alicyclic amines) is 1. The monoisotopic (exact) mass is 549 g/mol. The van der Waals surface area contributed by atoms with Crippen LogP contribution in [-0.2, 0) is 6.18 Å². The van der Waals surface area contributed by atoms with Gasteiger partial charge >= 0.3 is 6.18 Å². The molecule has 4 nitrogen and oxygen atoms in total. The predicted octanol–water partition coefficient (Wildman–Crippen LogP) is 7.21. The zero-order valence-electron chi connectivity index (χ0n) is 22.5. The second-order valence-electron chi connectivity index (χ2n) is 11.4. The Bertz CT molecular complexity index is 1180. The van der Waals surface area contributed by atoms with E-state index in [0.717, 1.165) is 48.5 Å². The van der Waals surface area contributed by atoms with Gasteiger partial charge in [-0.25, -0.2) is 8.78 Å². The highest BCUT2D eigenvalue weighted by molar-refractivity contribution is 5.35. The molecule has 2 fully saturated rings. The molecule has 39 heavy (non-hydrogen) atoms. The Morgan fingerprint density at radius 1 is 1.00 bits per heavy atom. The van der Waals surface area contributed by atoms with Crippen molar-refractivity contribution in [1.29, 1.82) is 0 Å². The summed E-state index contributed by atoms with van der Waals surface area (Å²) in [6.45, 7) is 7.62. The number of alkyl halides is 5. The van der Waals surface area contributed by atoms with Crippen LogP contribution in [0.5, 0.6) is 5.75 Å². The molecule has 2 aliphatic heterocycles. The van der Waals surface area contributed by atoms with E-state index in [4.69, 9.17) is 4.84 Å². The van der Waals surface area contributed by atoms with Gasteiger partial charge in [0.2, 0.25) is 0 Å². The third-order valence-electron chi connectivity index (χ3n) is 8.62. The van der Waals surface area contributed by atoms with Crippen LogP contribution in [-0.4, -0.2) is 47.1 Å². The number of rotatable bonds is 6. The lowest BCUT2D eigenvalue weighted by Gasteiger charge is -2.48. The quantitative estimate of drug-likeness (QED) is 0.386. The topological polar surface area (TPSA) is 27.7 Å². The first-order chi connectivity index (χ1) is 18.4. The minimum absolute atomic E-state index is 0.00237. The third kappa shape index (κ3) is 5.88. The maximum absolute atomic E-state index is 13.6. The molecular weight excluding hydrogens is 513 g/mol. The van der Waals surface area contributed by atoms with Crippen molar-refractivity contribution in [1.82, 2.24) is 15.3 Å². The summed E-state index contributed by atoms with van der Waals surface area (Å²) < 4.78 is 67.4. The van der Waals surface area contributed by atoms with E-state index >= 15 is 0 Å². The summed E-state index contributed by atoms with van der Waals surface area (Å²) in [5, 5.41) is 5.37. The zero-order chi connectivity index (χ0) is 27.9. The molecule has 0 spiro atoms. The first-order valence-corrected chi connectivity index (χ1v) is 13.7. The molecule has 4 atom stereocenters. The molecule has 2 heterocycles. The van der Waals surface area contributed by atoms with Crippen LogP contribution in [0.2, 0.25) is 0 Å². The van der Waals surface area contributed by atoms with Crippen LogP contribution < -0.4 is 10.2 Å². The maximum atomic E-state index is 13.6. The van der Waals surface area contributed by atoms with Crippen molar-refractivity contribution in [3.8, 4) is 5.75 Å². The van der Waals surface area contributed by atoms with Gasteiger partial charge in [0.15, 0.2) is 5.75 Å². The zero-order valence-corrected chi connectivity index (χ0v) is 22.5. The van der Waals surface area contributed by atoms with E-state index in [1.54, 1.807) is 5.06 Å². The minimum Gasteiger partial charge on any atom is -0.378 e. The first-order valence-electron chi connectivity index (χ1n) is 13.7. The highest BCUT2D eigenvalue weighted by atomic mass is 19.4. The molecule has 3 aliphatic rings. The third-order valence-corrected chi connectivity index (χ3v) is 8.62. The maximum Gasteiger partial charge on any atom is 0.416 e. The van der Waals surface area contributed by atoms with Crippen molar-refractivity contribution in [3.05, 3.63) is 77.1 Å². The van der Waals surface area contributed by atoms with Crippen molar-refractivity contribution in [2.24, 2.45) is 5.92 Å². The Morgan fingerprint density at radius 3 is 2.38 bits per heavy atom. The van der Waals surface area contributed by atoms with Crippen LogP contribution >= 0.6 is 0 Å². The van der Waals surface area contributed by atoms with Gasteiger partial charge in [-0.1, -0.05) is 43.3 Å². The van der Waals surface area contributed by atoms with E-state index in [0.29, 0.717) is 6.54 Å². The van der Waals surface area contributed by atoms with Gasteiger partial charge in [-0.3, -0.25) is 4.90 Å². The fourth-order valence-corrected chi connectivity index (χ4v) is 6.31. The Labute approximate surface area is 226 Å². The van der Waals surface area contributed by atoms with Crippen LogP contribution in [0.3, 0.4) is 0 Å². The van der Waals surface area contributed by atoms with Gasteiger partial charge in [-0.15, -0.1) is 0 Å². The van der Waals surface area contributed by atoms with Gasteiger partial charge in [-0.05, 0) is 68.5 Å². The Balaban J connectivity index is 1.45. The molecule has 2 aromatic rings. The molecule has 5 rings (SSSR count). The van der Waals surface area contributed by atoms with Crippen molar-refractivity contribution in [2.45, 2.75) is 82.6 Å². The largest absolute Gasteiger partial charge is 0.416 e. The van der Waals surface area contributed by atoms with Gasteiger partial charge < -0.3 is 10.2 Å². The van der Waals surface area contributed by atoms with Crippen molar-refractivity contribution >= 4 is 0 Å². The SMILES string of the molecule is CC1=C(N[C@@H]2CCCN(C3CC(F)(F)C3)C2)N(Oc2cccc(C(F)(F)F)c2)C(C)C(C)C1c1ccccc1. The smallest absolute Gasteiger partial charge is 0.378 e. The lowest BCUT2D eigenvalue weighted by molar-refractivity contribution is -0.138. The molecule has 1 aliphatic carbocycles. The number of hydrogen-bond donors (Lipinski definition) is 1. The van der Waals surface area contributed by atoms with Crippen molar-refractivity contribution < 1.29 is 26.8 Å². The predicted molar refractivity (Wildman–Crippen MR) is 140 cm³/mol. The van der Waals surface area contributed by atoms with Gasteiger partial charge in [0.1, 0.15) is 5.82 Å². The van der Waals surface area contributed by atoms with Crippen LogP contribution in [0.4, 0.5) is 22.0 Å². The second-order valence-corrected chi connectivity index (χ2v) is 11.4. The van der Waals surface area contributed by atoms with E-state index in [-0.39, 0.29) is 48.6 Å². The summed E-state index contributed by atoms with van der Waals surface area (Å²) in [5.41, 5.74) is 1.43. The number of nitrogens with one attached hydrogen (secondary N) is 1. The normalized spacial score (nSPS) is 28.3. The van der Waals surface area contributed by atoms with Gasteiger partial charge in [-0.2, -0.15) is 18.2 Å². The van der Waals surface area contributed by atoms with E-state index in [1.165, 1.54) is 12.1 Å². The molecular formula is C30H36F5N3O. The Kier molecular flexibility index (Phi) is 7.57. The second kappa shape index (κ2) is 10.6. The summed E-state index contributed by atoms with van der Waals surface area (Å²) in [4.78, 5) is 8.37. The standard InChI is InChI=1S/C30H36F5N3O/c1-19-21(3)38(39-26-13-7-11-23(15-26)30(33,34)35)28(20(2)27(19)22-9-5-4-6-10-22)36-24-12-8-14-37(18-24)25-16-29(31,32)17-25/h4-7,9-11,13,15,19,21,24-25,27,36H,8,12,14,16-18H2,1-3H3/t19?,21?,24-,27?/m1/s1. The van der Waals surface area contributed by atoms with Crippen LogP contribution in [0.15, 0.2) is 66.0 Å². The summed E-state index contributed by atoms with van der Waals surface area (Å²) >= 11 is 0. The van der Waals surface area contributed by atoms with E-state index < -0.39 is 17.7 Å². The fourth-order valence-electron chi connectivity index (χ4n) is 6.31. The molecule has 0 aromatic heterocycles. The molecule has 0 radical (unpaired) electrons. The molecule has 2 aromatic carbocycles. The molecule has 0 amide bonds. The van der Waals surface area contributed by atoms with Crippen LogP contribution in [0.1, 0.15) is 63.5 Å². The van der Waals surface area contributed by atoms with Crippen LogP contribution in [0, 0.1) is 5.92 Å². The number of halogens is 5. The fraction of sp³-hybridized carbons (Fsp3) is 0.533. The Morgan fingerprint density at radius 2 is 1.72 bits per heavy atom. The highest BCUT2D eigenvalue weighted by Crippen LogP contribution is 2.44. The summed E-state index contributed by atoms with van der Waals surface area (Å²) in [6, 6.07) is 14.8. The van der Waals surface area contributed by atoms with Gasteiger partial charge in [0.25, 0.3) is 5.92 Å². The highest BCUT2D eigenvalue weighted by Gasteiger charge is 2.48. The summed E-state index contributed by atoms with van der Waals surface area (Å²) in [5.74, 6) is -1.55. The number of hydrogen-bond acceptors (Lipinski definition) is 4. The molecule has 3 unspecified atom stereocenters. The van der Waals surface area contributed by atoms with Gasteiger partial charge in [0, 0.05) is 37.4 Å². The summed E-state index contributed by atoms with van der Waals surface area (Å²) in [6.07, 6.45) is -2.93. The number of benzene rings is 2. The van der Waals surface area contributed by atoms with Crippen molar-refractivity contribution in [2.75, 3.05) is 13.1 Å². The molecule has 1 saturated carbocycles. The van der Waals surface area contributed by atoms with E-state index in [2.05, 4.69) is 29.3 Å². The number of hydroxylamine groups is 2. The molecule has 0 bridgehead atoms. The Hall–Kier alpha value is -2.81. The number of piperidine rings is 1. The average Bonchev–Trinajstić information content (AvgIpc) is 2.88.